The molecule has 0 aromatic heterocycles. The average Bonchev–Trinajstić information content (AvgIpc) is 2.57. The van der Waals surface area contributed by atoms with Crippen molar-refractivity contribution in [2.24, 2.45) is 5.92 Å². The molecule has 0 aromatic carbocycles. The summed E-state index contributed by atoms with van der Waals surface area (Å²) >= 11 is 0. The number of ether oxygens (including phenoxy) is 3. The summed E-state index contributed by atoms with van der Waals surface area (Å²) in [5.74, 6) is -0.590. The number of carbonyl (C=O) groups excluding carboxylic acids is 1. The maximum Gasteiger partial charge on any atom is 0.335 e. The highest BCUT2D eigenvalue weighted by Crippen LogP contribution is 2.32. The van der Waals surface area contributed by atoms with Gasteiger partial charge in [-0.05, 0) is 12.8 Å². The van der Waals surface area contributed by atoms with E-state index >= 15 is 0 Å². The minimum atomic E-state index is -0.615. The molecule has 1 fully saturated rings. The monoisotopic (exact) mass is 228 g/mol. The van der Waals surface area contributed by atoms with Crippen molar-refractivity contribution in [2.75, 3.05) is 13.7 Å². The summed E-state index contributed by atoms with van der Waals surface area (Å²) in [6.07, 6.45) is 0.397. The topological polar surface area (TPSA) is 44.8 Å². The van der Waals surface area contributed by atoms with E-state index < -0.39 is 17.9 Å². The molecule has 1 aliphatic rings. The van der Waals surface area contributed by atoms with Crippen LogP contribution in [-0.2, 0) is 19.0 Å². The van der Waals surface area contributed by atoms with Gasteiger partial charge in [0.25, 0.3) is 0 Å². The summed E-state index contributed by atoms with van der Waals surface area (Å²) in [5, 5.41) is 0. The molecule has 1 heterocycles. The van der Waals surface area contributed by atoms with E-state index in [1.165, 1.54) is 7.11 Å². The van der Waals surface area contributed by atoms with E-state index in [1.54, 1.807) is 0 Å². The third-order valence-electron chi connectivity index (χ3n) is 2.55. The molecule has 16 heavy (non-hydrogen) atoms. The summed E-state index contributed by atoms with van der Waals surface area (Å²) in [5.41, 5.74) is 0.315. The van der Waals surface area contributed by atoms with E-state index in [9.17, 15) is 4.79 Å². The number of hydrogen-bond donors (Lipinski definition) is 0. The second-order valence-electron chi connectivity index (χ2n) is 4.67. The molecule has 0 spiro atoms. The first-order chi connectivity index (χ1) is 7.38. The Kier molecular flexibility index (Phi) is 4.10. The van der Waals surface area contributed by atoms with Gasteiger partial charge in [-0.2, -0.15) is 0 Å². The molecule has 2 unspecified atom stereocenters. The predicted octanol–water partition coefficient (Wildman–Crippen LogP) is 1.89. The minimum absolute atomic E-state index is 0.315. The highest BCUT2D eigenvalue weighted by molar-refractivity contribution is 5.88. The lowest BCUT2D eigenvalue weighted by Gasteiger charge is -2.25. The molecule has 0 radical (unpaired) electrons. The molecule has 92 valence electrons. The summed E-state index contributed by atoms with van der Waals surface area (Å²) < 4.78 is 15.9. The van der Waals surface area contributed by atoms with Crippen molar-refractivity contribution in [1.82, 2.24) is 0 Å². The van der Waals surface area contributed by atoms with Crippen molar-refractivity contribution < 1.29 is 19.0 Å². The van der Waals surface area contributed by atoms with Gasteiger partial charge in [0.2, 0.25) is 0 Å². The molecule has 1 aliphatic heterocycles. The third-order valence-corrected chi connectivity index (χ3v) is 2.55. The molecule has 2 atom stereocenters. The van der Waals surface area contributed by atoms with Crippen LogP contribution in [0.5, 0.6) is 0 Å². The van der Waals surface area contributed by atoms with Crippen molar-refractivity contribution >= 4 is 5.97 Å². The number of methoxy groups -OCH3 is 1. The van der Waals surface area contributed by atoms with Crippen LogP contribution in [-0.4, -0.2) is 31.6 Å². The van der Waals surface area contributed by atoms with Crippen LogP contribution in [0.3, 0.4) is 0 Å². The van der Waals surface area contributed by atoms with Gasteiger partial charge in [-0.25, -0.2) is 4.79 Å². The second kappa shape index (κ2) is 4.97. The van der Waals surface area contributed by atoms with Crippen LogP contribution in [0.25, 0.3) is 0 Å². The van der Waals surface area contributed by atoms with Gasteiger partial charge in [0.05, 0.1) is 19.3 Å². The maximum absolute atomic E-state index is 11.3. The lowest BCUT2D eigenvalue weighted by Crippen LogP contribution is -2.29. The summed E-state index contributed by atoms with van der Waals surface area (Å²) in [7, 11) is 1.33. The molecule has 0 aromatic rings. The number of esters is 1. The molecule has 0 saturated carbocycles. The fourth-order valence-electron chi connectivity index (χ4n) is 1.90. The molecule has 0 bridgehead atoms. The van der Waals surface area contributed by atoms with Crippen molar-refractivity contribution in [3.8, 4) is 0 Å². The van der Waals surface area contributed by atoms with Crippen LogP contribution in [0.15, 0.2) is 12.2 Å². The lowest BCUT2D eigenvalue weighted by atomic mass is 10.0. The van der Waals surface area contributed by atoms with Gasteiger partial charge < -0.3 is 14.2 Å². The highest BCUT2D eigenvalue weighted by atomic mass is 16.7. The second-order valence-corrected chi connectivity index (χ2v) is 4.67. The van der Waals surface area contributed by atoms with E-state index in [4.69, 9.17) is 9.47 Å². The minimum Gasteiger partial charge on any atom is -0.466 e. The molecule has 0 amide bonds. The lowest BCUT2D eigenvalue weighted by molar-refractivity contribution is -0.162. The Morgan fingerprint density at radius 1 is 1.62 bits per heavy atom. The van der Waals surface area contributed by atoms with Gasteiger partial charge in [0.1, 0.15) is 6.10 Å². The largest absolute Gasteiger partial charge is 0.466 e. The molecule has 0 N–H and O–H groups in total. The van der Waals surface area contributed by atoms with Crippen molar-refractivity contribution in [1.29, 1.82) is 0 Å². The zero-order chi connectivity index (χ0) is 12.3. The molecule has 4 heteroatoms. The first kappa shape index (κ1) is 13.2. The van der Waals surface area contributed by atoms with Gasteiger partial charge in [-0.3, -0.25) is 0 Å². The molecule has 1 saturated heterocycles. The number of hydrogen-bond acceptors (Lipinski definition) is 4. The highest BCUT2D eigenvalue weighted by Gasteiger charge is 2.40. The number of rotatable bonds is 4. The first-order valence-corrected chi connectivity index (χ1v) is 5.47. The Balaban J connectivity index is 2.58. The van der Waals surface area contributed by atoms with E-state index in [0.717, 1.165) is 6.42 Å². The molecular formula is C12H20O4. The third kappa shape index (κ3) is 3.06. The smallest absolute Gasteiger partial charge is 0.335 e. The van der Waals surface area contributed by atoms with E-state index in [0.29, 0.717) is 18.1 Å². The van der Waals surface area contributed by atoms with Crippen LogP contribution in [0.1, 0.15) is 27.2 Å². The van der Waals surface area contributed by atoms with Gasteiger partial charge >= 0.3 is 5.97 Å². The van der Waals surface area contributed by atoms with E-state index in [-0.39, 0.29) is 0 Å². The van der Waals surface area contributed by atoms with E-state index in [2.05, 4.69) is 25.2 Å². The van der Waals surface area contributed by atoms with Gasteiger partial charge in [0.15, 0.2) is 5.79 Å². The Morgan fingerprint density at radius 2 is 2.25 bits per heavy atom. The Hall–Kier alpha value is -0.870. The SMILES string of the molecule is C=C(C(=O)OC)C1COC(C)(CC(C)C)O1. The van der Waals surface area contributed by atoms with Crippen molar-refractivity contribution in [2.45, 2.75) is 39.1 Å². The van der Waals surface area contributed by atoms with Gasteiger partial charge in [-0.1, -0.05) is 20.4 Å². The first-order valence-electron chi connectivity index (χ1n) is 5.47. The molecule has 0 aliphatic carbocycles. The zero-order valence-corrected chi connectivity index (χ0v) is 10.4. The fraction of sp³-hybridized carbons (Fsp3) is 0.750. The Bertz CT molecular complexity index is 285. The quantitative estimate of drug-likeness (QED) is 0.544. The predicted molar refractivity (Wildman–Crippen MR) is 59.8 cm³/mol. The summed E-state index contributed by atoms with van der Waals surface area (Å²) in [6.45, 7) is 10.1. The van der Waals surface area contributed by atoms with Gasteiger partial charge in [-0.15, -0.1) is 0 Å². The molecular weight excluding hydrogens is 208 g/mol. The normalized spacial score (nSPS) is 29.4. The summed E-state index contributed by atoms with van der Waals surface area (Å²) in [6, 6.07) is 0. The Labute approximate surface area is 96.6 Å². The molecule has 1 rings (SSSR count). The summed E-state index contributed by atoms with van der Waals surface area (Å²) in [4.78, 5) is 11.3. The zero-order valence-electron chi connectivity index (χ0n) is 10.4. The van der Waals surface area contributed by atoms with Gasteiger partial charge in [0, 0.05) is 6.42 Å². The van der Waals surface area contributed by atoms with Crippen LogP contribution in [0, 0.1) is 5.92 Å². The van der Waals surface area contributed by atoms with Crippen LogP contribution in [0.2, 0.25) is 0 Å². The van der Waals surface area contributed by atoms with Crippen LogP contribution in [0.4, 0.5) is 0 Å². The fourth-order valence-corrected chi connectivity index (χ4v) is 1.90. The number of carbonyl (C=O) groups is 1. The maximum atomic E-state index is 11.3. The standard InChI is InChI=1S/C12H20O4/c1-8(2)6-12(4)15-7-10(16-12)9(3)11(13)14-5/h8,10H,3,6-7H2,1-2,4-5H3. The molecule has 4 nitrogen and oxygen atoms in total. The average molecular weight is 228 g/mol. The van der Waals surface area contributed by atoms with Crippen molar-refractivity contribution in [3.63, 3.8) is 0 Å². The van der Waals surface area contributed by atoms with Crippen LogP contribution >= 0.6 is 0 Å². The van der Waals surface area contributed by atoms with Crippen LogP contribution < -0.4 is 0 Å². The Morgan fingerprint density at radius 3 is 2.75 bits per heavy atom. The van der Waals surface area contributed by atoms with Crippen molar-refractivity contribution in [3.05, 3.63) is 12.2 Å². The van der Waals surface area contributed by atoms with E-state index in [1.807, 2.05) is 6.92 Å².